The van der Waals surface area contributed by atoms with Crippen molar-refractivity contribution < 1.29 is 4.52 Å². The van der Waals surface area contributed by atoms with E-state index < -0.39 is 0 Å². The van der Waals surface area contributed by atoms with Gasteiger partial charge in [0.25, 0.3) is 0 Å². The molecule has 3 aromatic heterocycles. The van der Waals surface area contributed by atoms with E-state index >= 15 is 0 Å². The first-order valence-electron chi connectivity index (χ1n) is 9.02. The first-order chi connectivity index (χ1) is 12.1. The third kappa shape index (κ3) is 3.10. The number of hydrogen-bond donors (Lipinski definition) is 1. The summed E-state index contributed by atoms with van der Waals surface area (Å²) in [5.41, 5.74) is 3.92. The Labute approximate surface area is 146 Å². The fraction of sp³-hybridized carbons (Fsp3) is 0.556. The summed E-state index contributed by atoms with van der Waals surface area (Å²) >= 11 is 0. The lowest BCUT2D eigenvalue weighted by Gasteiger charge is -2.17. The summed E-state index contributed by atoms with van der Waals surface area (Å²) in [5.74, 6) is 2.82. The maximum atomic E-state index is 5.44. The van der Waals surface area contributed by atoms with Gasteiger partial charge in [-0.2, -0.15) is 14.6 Å². The van der Waals surface area contributed by atoms with Gasteiger partial charge in [0.2, 0.25) is 5.89 Å². The van der Waals surface area contributed by atoms with Gasteiger partial charge >= 0.3 is 0 Å². The average molecular weight is 340 g/mol. The molecule has 0 aromatic carbocycles. The fourth-order valence-corrected chi connectivity index (χ4v) is 3.51. The van der Waals surface area contributed by atoms with Gasteiger partial charge in [-0.3, -0.25) is 0 Å². The number of aryl methyl sites for hydroxylation is 3. The zero-order chi connectivity index (χ0) is 17.4. The molecule has 1 aliphatic carbocycles. The molecule has 0 atom stereocenters. The van der Waals surface area contributed by atoms with E-state index in [0.717, 1.165) is 34.2 Å². The molecule has 3 heterocycles. The minimum Gasteiger partial charge on any atom is -0.361 e. The summed E-state index contributed by atoms with van der Waals surface area (Å²) in [6, 6.07) is 1.98. The van der Waals surface area contributed by atoms with Crippen LogP contribution < -0.4 is 5.32 Å². The van der Waals surface area contributed by atoms with Crippen LogP contribution in [0.5, 0.6) is 0 Å². The van der Waals surface area contributed by atoms with E-state index in [0.29, 0.717) is 18.4 Å². The molecule has 0 unspecified atom stereocenters. The molecule has 1 N–H and O–H groups in total. The zero-order valence-electron chi connectivity index (χ0n) is 15.0. The summed E-state index contributed by atoms with van der Waals surface area (Å²) < 4.78 is 7.29. The molecule has 0 amide bonds. The van der Waals surface area contributed by atoms with Crippen molar-refractivity contribution in [1.82, 2.24) is 24.7 Å². The second-order valence-electron chi connectivity index (χ2n) is 6.96. The molecular formula is C18H24N6O. The summed E-state index contributed by atoms with van der Waals surface area (Å²) in [6.45, 7) is 6.51. The Morgan fingerprint density at radius 2 is 1.96 bits per heavy atom. The second kappa shape index (κ2) is 6.46. The topological polar surface area (TPSA) is 81.1 Å². The highest BCUT2D eigenvalue weighted by molar-refractivity contribution is 5.55. The molecular weight excluding hydrogens is 316 g/mol. The van der Waals surface area contributed by atoms with Crippen molar-refractivity contribution in [1.29, 1.82) is 0 Å². The van der Waals surface area contributed by atoms with Crippen LogP contribution in [0, 0.1) is 20.8 Å². The number of aromatic nitrogens is 5. The van der Waals surface area contributed by atoms with E-state index in [-0.39, 0.29) is 0 Å². The predicted molar refractivity (Wildman–Crippen MR) is 94.6 cm³/mol. The Bertz CT molecular complexity index is 890. The molecule has 1 aliphatic rings. The maximum absolute atomic E-state index is 5.44. The molecule has 3 aromatic rings. The molecule has 4 rings (SSSR count). The highest BCUT2D eigenvalue weighted by Crippen LogP contribution is 2.30. The number of hydrogen-bond acceptors (Lipinski definition) is 6. The van der Waals surface area contributed by atoms with Crippen molar-refractivity contribution in [3.63, 3.8) is 0 Å². The second-order valence-corrected chi connectivity index (χ2v) is 6.96. The maximum Gasteiger partial charge on any atom is 0.245 e. The largest absolute Gasteiger partial charge is 0.361 e. The molecule has 0 radical (unpaired) electrons. The van der Waals surface area contributed by atoms with E-state index in [9.17, 15) is 0 Å². The minimum atomic E-state index is 0.456. The lowest BCUT2D eigenvalue weighted by atomic mass is 9.89. The van der Waals surface area contributed by atoms with Gasteiger partial charge < -0.3 is 9.84 Å². The van der Waals surface area contributed by atoms with Gasteiger partial charge in [-0.25, -0.2) is 4.98 Å². The first-order valence-corrected chi connectivity index (χ1v) is 9.02. The van der Waals surface area contributed by atoms with Gasteiger partial charge in [0.05, 0.1) is 12.2 Å². The summed E-state index contributed by atoms with van der Waals surface area (Å²) in [6.07, 6.45) is 6.19. The van der Waals surface area contributed by atoms with Crippen LogP contribution >= 0.6 is 0 Å². The van der Waals surface area contributed by atoms with E-state index in [1.165, 1.54) is 32.1 Å². The third-order valence-corrected chi connectivity index (χ3v) is 5.06. The highest BCUT2D eigenvalue weighted by atomic mass is 16.5. The molecule has 25 heavy (non-hydrogen) atoms. The van der Waals surface area contributed by atoms with Crippen LogP contribution in [0.3, 0.4) is 0 Å². The van der Waals surface area contributed by atoms with Crippen LogP contribution in [-0.4, -0.2) is 24.7 Å². The van der Waals surface area contributed by atoms with Gasteiger partial charge in [0.15, 0.2) is 11.5 Å². The zero-order valence-corrected chi connectivity index (χ0v) is 15.0. The quantitative estimate of drug-likeness (QED) is 0.780. The number of fused-ring (bicyclic) bond motifs is 1. The van der Waals surface area contributed by atoms with E-state index in [2.05, 4.69) is 25.5 Å². The number of nitrogens with one attached hydrogen (secondary N) is 1. The third-order valence-electron chi connectivity index (χ3n) is 5.06. The van der Waals surface area contributed by atoms with Crippen LogP contribution in [0.25, 0.3) is 5.65 Å². The van der Waals surface area contributed by atoms with E-state index in [1.54, 1.807) is 0 Å². The number of nitrogens with zero attached hydrogens (tertiary/aromatic N) is 5. The lowest BCUT2D eigenvalue weighted by Crippen LogP contribution is -2.08. The van der Waals surface area contributed by atoms with Gasteiger partial charge in [-0.1, -0.05) is 24.4 Å². The molecule has 7 heteroatoms. The molecule has 7 nitrogen and oxygen atoms in total. The molecule has 1 fully saturated rings. The highest BCUT2D eigenvalue weighted by Gasteiger charge is 2.21. The van der Waals surface area contributed by atoms with Crippen molar-refractivity contribution in [2.24, 2.45) is 0 Å². The monoisotopic (exact) mass is 340 g/mol. The summed E-state index contributed by atoms with van der Waals surface area (Å²) in [4.78, 5) is 9.17. The number of rotatable bonds is 4. The normalized spacial score (nSPS) is 15.8. The van der Waals surface area contributed by atoms with Crippen molar-refractivity contribution in [3.8, 4) is 0 Å². The van der Waals surface area contributed by atoms with Crippen molar-refractivity contribution in [2.75, 3.05) is 5.32 Å². The molecule has 132 valence electrons. The molecule has 0 bridgehead atoms. The summed E-state index contributed by atoms with van der Waals surface area (Å²) in [5, 5.41) is 12.1. The number of anilines is 1. The van der Waals surface area contributed by atoms with Crippen LogP contribution in [-0.2, 0) is 6.54 Å². The SMILES string of the molecule is Cc1cc(NCc2nc(C3CCCCC3)no2)n2nc(C)c(C)c2n1. The van der Waals surface area contributed by atoms with Gasteiger partial charge in [0, 0.05) is 23.2 Å². The van der Waals surface area contributed by atoms with Gasteiger partial charge in [-0.05, 0) is 33.6 Å². The van der Waals surface area contributed by atoms with Crippen LogP contribution in [0.1, 0.15) is 66.7 Å². The predicted octanol–water partition coefficient (Wildman–Crippen LogP) is 3.70. The van der Waals surface area contributed by atoms with Gasteiger partial charge in [-0.15, -0.1) is 0 Å². The fourth-order valence-electron chi connectivity index (χ4n) is 3.51. The molecule has 0 saturated heterocycles. The van der Waals surface area contributed by atoms with Crippen LogP contribution in [0.15, 0.2) is 10.6 Å². The van der Waals surface area contributed by atoms with Gasteiger partial charge in [0.1, 0.15) is 5.82 Å². The van der Waals surface area contributed by atoms with E-state index in [4.69, 9.17) is 4.52 Å². The smallest absolute Gasteiger partial charge is 0.245 e. The molecule has 1 saturated carbocycles. The minimum absolute atomic E-state index is 0.456. The van der Waals surface area contributed by atoms with Crippen molar-refractivity contribution in [3.05, 3.63) is 34.7 Å². The summed E-state index contributed by atoms with van der Waals surface area (Å²) in [7, 11) is 0. The Morgan fingerprint density at radius 3 is 2.76 bits per heavy atom. The Balaban J connectivity index is 1.53. The molecule has 0 spiro atoms. The lowest BCUT2D eigenvalue weighted by molar-refractivity contribution is 0.361. The Kier molecular flexibility index (Phi) is 4.15. The Hall–Kier alpha value is -2.44. The average Bonchev–Trinajstić information content (AvgIpc) is 3.20. The standard InChI is InChI=1S/C18H24N6O/c1-11-9-15(24-18(20-11)12(2)13(3)22-24)19-10-16-21-17(23-25-16)14-7-5-4-6-8-14/h9,14,19H,4-8,10H2,1-3H3. The van der Waals surface area contributed by atoms with E-state index in [1.807, 2.05) is 31.4 Å². The Morgan fingerprint density at radius 1 is 1.16 bits per heavy atom. The van der Waals surface area contributed by atoms with Crippen molar-refractivity contribution >= 4 is 11.5 Å². The molecule has 0 aliphatic heterocycles. The van der Waals surface area contributed by atoms with Crippen LogP contribution in [0.2, 0.25) is 0 Å². The first kappa shape index (κ1) is 16.1. The van der Waals surface area contributed by atoms with Crippen LogP contribution in [0.4, 0.5) is 5.82 Å². The van der Waals surface area contributed by atoms with Crippen molar-refractivity contribution in [2.45, 2.75) is 65.3 Å².